The van der Waals surface area contributed by atoms with E-state index in [2.05, 4.69) is 92.0 Å². The number of nitrogens with two attached hydrogens (primary N) is 1. The van der Waals surface area contributed by atoms with E-state index >= 15 is 0 Å². The Kier molecular flexibility index (Phi) is 19.0. The second-order valence-corrected chi connectivity index (χ2v) is 16.8. The molecule has 8 aromatic carbocycles. The summed E-state index contributed by atoms with van der Waals surface area (Å²) in [7, 11) is 6.29. The van der Waals surface area contributed by atoms with E-state index in [1.54, 1.807) is 34.5 Å². The summed E-state index contributed by atoms with van der Waals surface area (Å²) >= 11 is 0. The number of aromatic hydroxyl groups is 2. The fourth-order valence-corrected chi connectivity index (χ4v) is 8.08. The Morgan fingerprint density at radius 2 is 0.947 bits per heavy atom. The molecular weight excluding hydrogens is 949 g/mol. The molecule has 0 spiro atoms. The molecule has 0 amide bonds. The van der Waals surface area contributed by atoms with Crippen LogP contribution in [-0.2, 0) is 6.54 Å². The normalized spacial score (nSPS) is 10.6. The summed E-state index contributed by atoms with van der Waals surface area (Å²) in [6, 6.07) is 49.0. The first-order chi connectivity index (χ1) is 36.2. The van der Waals surface area contributed by atoms with Crippen LogP contribution in [-0.4, -0.2) is 67.1 Å². The lowest BCUT2D eigenvalue weighted by Crippen LogP contribution is -2.06. The van der Waals surface area contributed by atoms with Crippen LogP contribution in [0.1, 0.15) is 70.0 Å². The molecule has 0 bridgehead atoms. The number of anilines is 2. The van der Waals surface area contributed by atoms with Gasteiger partial charge in [0.25, 0.3) is 0 Å². The average molecular weight is 1010 g/mol. The molecule has 0 aliphatic heterocycles. The van der Waals surface area contributed by atoms with Crippen LogP contribution in [0.5, 0.6) is 34.5 Å². The number of aromatic carboxylic acids is 2. The molecule has 0 fully saturated rings. The van der Waals surface area contributed by atoms with Gasteiger partial charge in [0.15, 0.2) is 6.29 Å². The molecule has 13 heteroatoms. The van der Waals surface area contributed by atoms with Gasteiger partial charge in [-0.3, -0.25) is 4.79 Å². The number of carboxylic acids is 2. The fourth-order valence-electron chi connectivity index (χ4n) is 8.08. The molecule has 0 unspecified atom stereocenters. The zero-order valence-electron chi connectivity index (χ0n) is 42.3. The SMILES string of the molecule is COc1cc(/C=C/c2cccc(-c3ccccc3)c2C)cc(OC)c1C=O.COc1cc(/C=C/c2cccc(-c3ccccc3)c2C)cc(OC)c1CNc1ccc(O)c(C(=O)O)c1.Nc1ccc(O)c(C(=O)O)c1. The van der Waals surface area contributed by atoms with Gasteiger partial charge in [-0.05, 0) is 130 Å². The number of hydrogen-bond acceptors (Lipinski definition) is 11. The Hall–Kier alpha value is -9.75. The minimum atomic E-state index is -1.20. The summed E-state index contributed by atoms with van der Waals surface area (Å²) < 4.78 is 22.0. The highest BCUT2D eigenvalue weighted by atomic mass is 16.5. The topological polar surface area (TPSA) is 207 Å². The summed E-state index contributed by atoms with van der Waals surface area (Å²) in [4.78, 5) is 33.0. The largest absolute Gasteiger partial charge is 0.507 e. The number of nitrogens with one attached hydrogen (secondary N) is 1. The standard InChI is InChI=1S/C31H29NO5.C24H22O3.C7H7NO3/c1-20-22(10-7-11-25(20)23-8-5-4-6-9-23)13-12-21-16-29(36-2)27(30(17-21)37-3)19-32-24-14-15-28(33)26(18-24)31(34)35;1-17-19(10-7-11-21(17)20-8-5-4-6-9-20)13-12-18-14-23(26-2)22(16-25)24(15-18)27-3;8-4-1-2-6(9)5(3-4)7(10)11/h4-18,32-33H,19H2,1-3H3,(H,34,35);4-16H,1-3H3;1-3,9H,8H2,(H,10,11)/b2*13-12+;. The van der Waals surface area contributed by atoms with Crippen LogP contribution in [0.3, 0.4) is 0 Å². The highest BCUT2D eigenvalue weighted by molar-refractivity contribution is 5.93. The molecule has 0 saturated heterocycles. The van der Waals surface area contributed by atoms with Crippen LogP contribution in [0, 0.1) is 13.8 Å². The molecule has 75 heavy (non-hydrogen) atoms. The maximum atomic E-state index is 11.3. The Labute approximate surface area is 436 Å². The van der Waals surface area contributed by atoms with E-state index in [0.29, 0.717) is 46.5 Å². The predicted molar refractivity (Wildman–Crippen MR) is 297 cm³/mol. The van der Waals surface area contributed by atoms with E-state index in [1.807, 2.05) is 72.8 Å². The first-order valence-electron chi connectivity index (χ1n) is 23.4. The number of carbonyl (C=O) groups is 3. The van der Waals surface area contributed by atoms with Crippen molar-refractivity contribution in [3.05, 3.63) is 213 Å². The lowest BCUT2D eigenvalue weighted by atomic mass is 9.96. The van der Waals surface area contributed by atoms with Crippen molar-refractivity contribution in [1.82, 2.24) is 0 Å². The molecule has 0 radical (unpaired) electrons. The molecule has 0 aliphatic carbocycles. The van der Waals surface area contributed by atoms with Crippen molar-refractivity contribution in [1.29, 1.82) is 0 Å². The van der Waals surface area contributed by atoms with E-state index in [9.17, 15) is 24.6 Å². The van der Waals surface area contributed by atoms with Gasteiger partial charge in [-0.25, -0.2) is 9.59 Å². The lowest BCUT2D eigenvalue weighted by molar-refractivity contribution is 0.0682. The zero-order valence-corrected chi connectivity index (χ0v) is 42.3. The molecule has 0 heterocycles. The lowest BCUT2D eigenvalue weighted by Gasteiger charge is -2.16. The van der Waals surface area contributed by atoms with Crippen molar-refractivity contribution in [3.63, 3.8) is 0 Å². The van der Waals surface area contributed by atoms with Crippen molar-refractivity contribution >= 4 is 53.9 Å². The molecule has 8 aromatic rings. The monoisotopic (exact) mass is 1010 g/mol. The molecule has 0 saturated carbocycles. The second-order valence-electron chi connectivity index (χ2n) is 16.8. The van der Waals surface area contributed by atoms with Crippen molar-refractivity contribution in [2.45, 2.75) is 20.4 Å². The van der Waals surface area contributed by atoms with Crippen molar-refractivity contribution in [3.8, 4) is 56.8 Å². The van der Waals surface area contributed by atoms with Crippen molar-refractivity contribution in [2.75, 3.05) is 39.5 Å². The van der Waals surface area contributed by atoms with Crippen LogP contribution < -0.4 is 30.0 Å². The molecule has 13 nitrogen and oxygen atoms in total. The van der Waals surface area contributed by atoms with Gasteiger partial charge in [0.05, 0.1) is 39.6 Å². The zero-order chi connectivity index (χ0) is 54.0. The van der Waals surface area contributed by atoms with Crippen LogP contribution in [0.25, 0.3) is 46.6 Å². The number of hydrogen-bond donors (Lipinski definition) is 6. The minimum absolute atomic E-state index is 0.170. The first-order valence-corrected chi connectivity index (χ1v) is 23.4. The van der Waals surface area contributed by atoms with Gasteiger partial charge >= 0.3 is 11.9 Å². The number of methoxy groups -OCH3 is 4. The van der Waals surface area contributed by atoms with E-state index in [4.69, 9.17) is 34.9 Å². The van der Waals surface area contributed by atoms with Crippen molar-refractivity contribution in [2.24, 2.45) is 0 Å². The van der Waals surface area contributed by atoms with Gasteiger partial charge < -0.3 is 50.4 Å². The Morgan fingerprint density at radius 1 is 0.520 bits per heavy atom. The molecule has 382 valence electrons. The number of carboxylic acid groups (broad SMARTS) is 2. The summed E-state index contributed by atoms with van der Waals surface area (Å²) in [5.74, 6) is -0.665. The highest BCUT2D eigenvalue weighted by Gasteiger charge is 2.16. The minimum Gasteiger partial charge on any atom is -0.507 e. The van der Waals surface area contributed by atoms with Gasteiger partial charge in [0, 0.05) is 17.9 Å². The number of phenols is 2. The highest BCUT2D eigenvalue weighted by Crippen LogP contribution is 2.35. The van der Waals surface area contributed by atoms with E-state index in [0.717, 1.165) is 34.1 Å². The summed E-state index contributed by atoms with van der Waals surface area (Å²) in [6.07, 6.45) is 8.92. The van der Waals surface area contributed by atoms with E-state index < -0.39 is 11.9 Å². The summed E-state index contributed by atoms with van der Waals surface area (Å²) in [6.45, 7) is 4.58. The molecule has 8 rings (SSSR count). The van der Waals surface area contributed by atoms with Gasteiger partial charge in [-0.1, -0.05) is 121 Å². The summed E-state index contributed by atoms with van der Waals surface area (Å²) in [5, 5.41) is 39.6. The number of aldehydes is 1. The van der Waals surface area contributed by atoms with Gasteiger partial charge in [-0.15, -0.1) is 0 Å². The molecule has 0 aromatic heterocycles. The van der Waals surface area contributed by atoms with Crippen LogP contribution in [0.15, 0.2) is 158 Å². The maximum Gasteiger partial charge on any atom is 0.339 e. The summed E-state index contributed by atoms with van der Waals surface area (Å²) in [5.41, 5.74) is 18.3. The third-order valence-electron chi connectivity index (χ3n) is 12.1. The number of ether oxygens (including phenoxy) is 4. The fraction of sp³-hybridized carbons (Fsp3) is 0.113. The van der Waals surface area contributed by atoms with Crippen molar-refractivity contribution < 1.29 is 53.8 Å². The third kappa shape index (κ3) is 14.0. The first kappa shape index (κ1) is 54.6. The Morgan fingerprint density at radius 3 is 1.36 bits per heavy atom. The molecule has 7 N–H and O–H groups in total. The van der Waals surface area contributed by atoms with Crippen LogP contribution >= 0.6 is 0 Å². The third-order valence-corrected chi connectivity index (χ3v) is 12.1. The molecular formula is C62H58N2O11. The maximum absolute atomic E-state index is 11.3. The number of rotatable bonds is 16. The Balaban J connectivity index is 0.000000209. The molecule has 0 atom stereocenters. The molecule has 0 aliphatic rings. The van der Waals surface area contributed by atoms with Crippen LogP contribution in [0.4, 0.5) is 11.4 Å². The van der Waals surface area contributed by atoms with Gasteiger partial charge in [0.1, 0.15) is 45.6 Å². The number of nitrogen functional groups attached to an aromatic ring is 1. The van der Waals surface area contributed by atoms with Crippen LogP contribution in [0.2, 0.25) is 0 Å². The Bertz CT molecular complexity index is 3300. The second kappa shape index (κ2) is 26.1. The van der Waals surface area contributed by atoms with E-state index in [-0.39, 0.29) is 22.6 Å². The van der Waals surface area contributed by atoms with E-state index in [1.165, 1.54) is 63.7 Å². The van der Waals surface area contributed by atoms with Gasteiger partial charge in [-0.2, -0.15) is 0 Å². The smallest absolute Gasteiger partial charge is 0.339 e. The predicted octanol–water partition coefficient (Wildman–Crippen LogP) is 13.2. The van der Waals surface area contributed by atoms with Gasteiger partial charge in [0.2, 0.25) is 0 Å². The average Bonchev–Trinajstić information content (AvgIpc) is 3.43. The number of benzene rings is 8. The number of carbonyl (C=O) groups excluding carboxylic acids is 1. The quantitative estimate of drug-likeness (QED) is 0.0231.